The van der Waals surface area contributed by atoms with E-state index in [1.165, 1.54) is 18.4 Å². The number of ether oxygens (including phenoxy) is 1. The van der Waals surface area contributed by atoms with Crippen LogP contribution >= 0.6 is 0 Å². The quantitative estimate of drug-likeness (QED) is 0.724. The molecule has 1 atom stereocenters. The Labute approximate surface area is 96.4 Å². The van der Waals surface area contributed by atoms with Gasteiger partial charge in [-0.15, -0.1) is 0 Å². The molecule has 0 bridgehead atoms. The van der Waals surface area contributed by atoms with Crippen LogP contribution in [-0.4, -0.2) is 24.2 Å². The lowest BCUT2D eigenvalue weighted by Crippen LogP contribution is -2.39. The largest absolute Gasteiger partial charge is 0.487 e. The van der Waals surface area contributed by atoms with E-state index in [0.717, 1.165) is 24.7 Å². The van der Waals surface area contributed by atoms with Crippen molar-refractivity contribution in [2.24, 2.45) is 0 Å². The number of anilines is 1. The average Bonchev–Trinajstić information content (AvgIpc) is 2.76. The van der Waals surface area contributed by atoms with Gasteiger partial charge in [-0.3, -0.25) is 0 Å². The molecule has 0 unspecified atom stereocenters. The van der Waals surface area contributed by atoms with Crippen molar-refractivity contribution in [3.63, 3.8) is 0 Å². The normalized spacial score (nSPS) is 22.9. The highest BCUT2D eigenvalue weighted by Crippen LogP contribution is 2.40. The van der Waals surface area contributed by atoms with Crippen LogP contribution in [0, 0.1) is 0 Å². The smallest absolute Gasteiger partial charge is 0.172 e. The zero-order chi connectivity index (χ0) is 11.1. The van der Waals surface area contributed by atoms with Crippen LogP contribution in [0.15, 0.2) is 12.3 Å². The molecule has 16 heavy (non-hydrogen) atoms. The van der Waals surface area contributed by atoms with Gasteiger partial charge in [-0.25, -0.2) is 4.98 Å². The highest BCUT2D eigenvalue weighted by Gasteiger charge is 2.33. The van der Waals surface area contributed by atoms with Gasteiger partial charge in [-0.1, -0.05) is 13.8 Å². The third-order valence-corrected chi connectivity index (χ3v) is 3.61. The summed E-state index contributed by atoms with van der Waals surface area (Å²) in [5.74, 6) is 2.59. The SMILES string of the molecule is CC(C)c1ccnc2c1OC[C@@H]1CCCN21. The minimum absolute atomic E-state index is 0.496. The fraction of sp³-hybridized carbons (Fsp3) is 0.615. The van der Waals surface area contributed by atoms with Crippen molar-refractivity contribution in [3.8, 4) is 5.75 Å². The molecular formula is C13H18N2O. The Morgan fingerprint density at radius 1 is 1.50 bits per heavy atom. The standard InChI is InChI=1S/C13H18N2O/c1-9(2)11-5-6-14-13-12(11)16-8-10-4-3-7-15(10)13/h5-6,9-10H,3-4,7-8H2,1-2H3/t10-/m0/s1. The number of fused-ring (bicyclic) bond motifs is 3. The Morgan fingerprint density at radius 2 is 2.38 bits per heavy atom. The van der Waals surface area contributed by atoms with Crippen LogP contribution in [0.4, 0.5) is 5.82 Å². The van der Waals surface area contributed by atoms with E-state index in [4.69, 9.17) is 4.74 Å². The van der Waals surface area contributed by atoms with Crippen molar-refractivity contribution in [2.45, 2.75) is 38.6 Å². The third kappa shape index (κ3) is 1.38. The van der Waals surface area contributed by atoms with E-state index < -0.39 is 0 Å². The van der Waals surface area contributed by atoms with Crippen LogP contribution in [-0.2, 0) is 0 Å². The fourth-order valence-electron chi connectivity index (χ4n) is 2.73. The van der Waals surface area contributed by atoms with Gasteiger partial charge in [0.15, 0.2) is 11.6 Å². The lowest BCUT2D eigenvalue weighted by atomic mass is 10.0. The number of aromatic nitrogens is 1. The van der Waals surface area contributed by atoms with E-state index in [0.29, 0.717) is 12.0 Å². The Morgan fingerprint density at radius 3 is 3.19 bits per heavy atom. The molecule has 0 radical (unpaired) electrons. The van der Waals surface area contributed by atoms with Crippen molar-refractivity contribution in [2.75, 3.05) is 18.1 Å². The zero-order valence-corrected chi connectivity index (χ0v) is 9.94. The monoisotopic (exact) mass is 218 g/mol. The van der Waals surface area contributed by atoms with Crippen LogP contribution in [0.3, 0.4) is 0 Å². The molecule has 86 valence electrons. The molecule has 0 N–H and O–H groups in total. The van der Waals surface area contributed by atoms with Crippen LogP contribution in [0.1, 0.15) is 38.2 Å². The van der Waals surface area contributed by atoms with Gasteiger partial charge in [0.1, 0.15) is 6.61 Å². The Hall–Kier alpha value is -1.25. The predicted molar refractivity (Wildman–Crippen MR) is 64.2 cm³/mol. The molecule has 0 amide bonds. The molecule has 3 rings (SSSR count). The van der Waals surface area contributed by atoms with Gasteiger partial charge in [0, 0.05) is 18.3 Å². The summed E-state index contributed by atoms with van der Waals surface area (Å²) in [5.41, 5.74) is 1.29. The zero-order valence-electron chi connectivity index (χ0n) is 9.94. The Bertz CT molecular complexity index is 403. The topological polar surface area (TPSA) is 25.4 Å². The lowest BCUT2D eigenvalue weighted by molar-refractivity contribution is 0.266. The second-order valence-corrected chi connectivity index (χ2v) is 5.01. The van der Waals surface area contributed by atoms with Crippen LogP contribution in [0.5, 0.6) is 5.75 Å². The average molecular weight is 218 g/mol. The maximum Gasteiger partial charge on any atom is 0.172 e. The lowest BCUT2D eigenvalue weighted by Gasteiger charge is -2.33. The van der Waals surface area contributed by atoms with E-state index in [2.05, 4.69) is 29.8 Å². The van der Waals surface area contributed by atoms with Crippen LogP contribution in [0.2, 0.25) is 0 Å². The Kier molecular flexibility index (Phi) is 2.27. The summed E-state index contributed by atoms with van der Waals surface area (Å²) in [4.78, 5) is 6.93. The molecule has 0 aromatic carbocycles. The number of hydrogen-bond acceptors (Lipinski definition) is 3. The van der Waals surface area contributed by atoms with Gasteiger partial charge in [0.05, 0.1) is 6.04 Å². The van der Waals surface area contributed by atoms with Crippen molar-refractivity contribution in [1.29, 1.82) is 0 Å². The summed E-state index contributed by atoms with van der Waals surface area (Å²) < 4.78 is 5.93. The van der Waals surface area contributed by atoms with E-state index in [1.54, 1.807) is 0 Å². The van der Waals surface area contributed by atoms with Crippen molar-refractivity contribution in [1.82, 2.24) is 4.98 Å². The van der Waals surface area contributed by atoms with Crippen molar-refractivity contribution >= 4 is 5.82 Å². The first-order chi connectivity index (χ1) is 7.77. The number of rotatable bonds is 1. The molecule has 1 aromatic heterocycles. The van der Waals surface area contributed by atoms with E-state index in [1.807, 2.05) is 6.20 Å². The molecule has 0 saturated carbocycles. The minimum Gasteiger partial charge on any atom is -0.487 e. The molecule has 3 heteroatoms. The van der Waals surface area contributed by atoms with Crippen molar-refractivity contribution < 1.29 is 4.74 Å². The first kappa shape index (κ1) is 9.94. The number of hydrogen-bond donors (Lipinski definition) is 0. The number of pyridine rings is 1. The van der Waals surface area contributed by atoms with Gasteiger partial charge in [-0.2, -0.15) is 0 Å². The third-order valence-electron chi connectivity index (χ3n) is 3.61. The maximum atomic E-state index is 5.93. The van der Waals surface area contributed by atoms with Crippen LogP contribution < -0.4 is 9.64 Å². The second kappa shape index (κ2) is 3.65. The Balaban J connectivity index is 2.07. The molecule has 0 aliphatic carbocycles. The molecule has 2 aliphatic rings. The second-order valence-electron chi connectivity index (χ2n) is 5.01. The summed E-state index contributed by atoms with van der Waals surface area (Å²) in [6.07, 6.45) is 4.42. The molecular weight excluding hydrogens is 200 g/mol. The summed E-state index contributed by atoms with van der Waals surface area (Å²) in [6, 6.07) is 2.64. The molecule has 3 heterocycles. The minimum atomic E-state index is 0.496. The summed E-state index contributed by atoms with van der Waals surface area (Å²) in [5, 5.41) is 0. The van der Waals surface area contributed by atoms with Gasteiger partial charge in [0.2, 0.25) is 0 Å². The van der Waals surface area contributed by atoms with Gasteiger partial charge >= 0.3 is 0 Å². The van der Waals surface area contributed by atoms with E-state index >= 15 is 0 Å². The van der Waals surface area contributed by atoms with Crippen LogP contribution in [0.25, 0.3) is 0 Å². The molecule has 1 fully saturated rings. The molecule has 1 saturated heterocycles. The van der Waals surface area contributed by atoms with Gasteiger partial charge in [-0.05, 0) is 24.8 Å². The summed E-state index contributed by atoms with van der Waals surface area (Å²) in [7, 11) is 0. The molecule has 3 nitrogen and oxygen atoms in total. The number of nitrogens with zero attached hydrogens (tertiary/aromatic N) is 2. The van der Waals surface area contributed by atoms with Gasteiger partial charge < -0.3 is 9.64 Å². The maximum absolute atomic E-state index is 5.93. The first-order valence-corrected chi connectivity index (χ1v) is 6.15. The fourth-order valence-corrected chi connectivity index (χ4v) is 2.73. The van der Waals surface area contributed by atoms with Gasteiger partial charge in [0.25, 0.3) is 0 Å². The predicted octanol–water partition coefficient (Wildman–Crippen LogP) is 2.57. The molecule has 0 spiro atoms. The first-order valence-electron chi connectivity index (χ1n) is 6.15. The molecule has 1 aromatic rings. The highest BCUT2D eigenvalue weighted by atomic mass is 16.5. The summed E-state index contributed by atoms with van der Waals surface area (Å²) in [6.45, 7) is 6.37. The highest BCUT2D eigenvalue weighted by molar-refractivity contribution is 5.60. The van der Waals surface area contributed by atoms with E-state index in [-0.39, 0.29) is 0 Å². The van der Waals surface area contributed by atoms with Crippen molar-refractivity contribution in [3.05, 3.63) is 17.8 Å². The summed E-state index contributed by atoms with van der Waals surface area (Å²) >= 11 is 0. The molecule has 2 aliphatic heterocycles. The van der Waals surface area contributed by atoms with E-state index in [9.17, 15) is 0 Å².